The lowest BCUT2D eigenvalue weighted by atomic mass is 10.1. The number of furan rings is 1. The van der Waals surface area contributed by atoms with Crippen LogP contribution in [-0.2, 0) is 22.6 Å². The Labute approximate surface area is 139 Å². The summed E-state index contributed by atoms with van der Waals surface area (Å²) < 4.78 is 16.0. The fourth-order valence-corrected chi connectivity index (χ4v) is 2.43. The predicted molar refractivity (Wildman–Crippen MR) is 87.8 cm³/mol. The van der Waals surface area contributed by atoms with Crippen molar-refractivity contribution in [2.24, 2.45) is 0 Å². The van der Waals surface area contributed by atoms with E-state index >= 15 is 0 Å². The molecule has 0 unspecified atom stereocenters. The van der Waals surface area contributed by atoms with Crippen LogP contribution in [0.2, 0.25) is 0 Å². The topological polar surface area (TPSA) is 74.5 Å². The second-order valence-corrected chi connectivity index (χ2v) is 5.50. The van der Waals surface area contributed by atoms with Crippen molar-refractivity contribution in [2.45, 2.75) is 26.9 Å². The van der Waals surface area contributed by atoms with E-state index in [1.165, 1.54) is 7.11 Å². The average Bonchev–Trinajstić information content (AvgIpc) is 2.96. The number of hydrogen-bond donors (Lipinski definition) is 0. The number of rotatable bonds is 5. The van der Waals surface area contributed by atoms with Gasteiger partial charge in [0.05, 0.1) is 36.9 Å². The highest BCUT2D eigenvalue weighted by Gasteiger charge is 2.12. The third-order valence-electron chi connectivity index (χ3n) is 3.73. The van der Waals surface area contributed by atoms with E-state index < -0.39 is 0 Å². The molecule has 6 nitrogen and oxygen atoms in total. The SMILES string of the molecule is COC(=O)Cc1coc2cc(OCc3ncc(C)nc3C)ccc12. The highest BCUT2D eigenvalue weighted by atomic mass is 16.5. The summed E-state index contributed by atoms with van der Waals surface area (Å²) in [4.78, 5) is 20.1. The summed E-state index contributed by atoms with van der Waals surface area (Å²) >= 11 is 0. The van der Waals surface area contributed by atoms with Gasteiger partial charge in [-0.25, -0.2) is 0 Å². The number of methoxy groups -OCH3 is 1. The standard InChI is InChI=1S/C18H18N2O4/c1-11-8-19-16(12(2)20-11)10-23-14-4-5-15-13(6-18(21)22-3)9-24-17(15)7-14/h4-5,7-9H,6,10H2,1-3H3. The van der Waals surface area contributed by atoms with E-state index in [0.717, 1.165) is 28.0 Å². The number of esters is 1. The molecule has 0 amide bonds. The van der Waals surface area contributed by atoms with E-state index in [4.69, 9.17) is 9.15 Å². The zero-order chi connectivity index (χ0) is 17.1. The Bertz CT molecular complexity index is 886. The maximum Gasteiger partial charge on any atom is 0.310 e. The van der Waals surface area contributed by atoms with Gasteiger partial charge in [-0.1, -0.05) is 0 Å². The summed E-state index contributed by atoms with van der Waals surface area (Å²) in [7, 11) is 1.37. The van der Waals surface area contributed by atoms with Crippen molar-refractivity contribution in [3.05, 3.63) is 53.3 Å². The van der Waals surface area contributed by atoms with Crippen LogP contribution in [0.1, 0.15) is 22.6 Å². The van der Waals surface area contributed by atoms with E-state index in [-0.39, 0.29) is 12.4 Å². The Morgan fingerprint density at radius 1 is 1.29 bits per heavy atom. The van der Waals surface area contributed by atoms with E-state index in [1.807, 2.05) is 26.0 Å². The van der Waals surface area contributed by atoms with Crippen LogP contribution in [0.3, 0.4) is 0 Å². The van der Waals surface area contributed by atoms with E-state index in [9.17, 15) is 4.79 Å². The van der Waals surface area contributed by atoms with Gasteiger partial charge in [0.15, 0.2) is 0 Å². The van der Waals surface area contributed by atoms with Crippen LogP contribution < -0.4 is 4.74 Å². The van der Waals surface area contributed by atoms with E-state index in [2.05, 4.69) is 14.7 Å². The molecule has 3 aromatic rings. The molecule has 0 N–H and O–H groups in total. The fraction of sp³-hybridized carbons (Fsp3) is 0.278. The van der Waals surface area contributed by atoms with Crippen LogP contribution >= 0.6 is 0 Å². The van der Waals surface area contributed by atoms with Gasteiger partial charge in [-0.3, -0.25) is 14.8 Å². The first-order valence-electron chi connectivity index (χ1n) is 7.55. The minimum Gasteiger partial charge on any atom is -0.487 e. The Kier molecular flexibility index (Phi) is 4.46. The van der Waals surface area contributed by atoms with Crippen LogP contribution in [0, 0.1) is 13.8 Å². The molecule has 3 rings (SSSR count). The van der Waals surface area contributed by atoms with Gasteiger partial charge in [-0.05, 0) is 26.0 Å². The number of aryl methyl sites for hydroxylation is 2. The molecule has 0 spiro atoms. The molecule has 0 aliphatic rings. The molecule has 0 saturated heterocycles. The molecule has 124 valence electrons. The average molecular weight is 326 g/mol. The molecule has 0 aliphatic carbocycles. The van der Waals surface area contributed by atoms with Gasteiger partial charge in [0.1, 0.15) is 17.9 Å². The molecule has 0 aliphatic heterocycles. The molecule has 0 radical (unpaired) electrons. The smallest absolute Gasteiger partial charge is 0.310 e. The van der Waals surface area contributed by atoms with Gasteiger partial charge in [-0.15, -0.1) is 0 Å². The number of hydrogen-bond acceptors (Lipinski definition) is 6. The van der Waals surface area contributed by atoms with Gasteiger partial charge in [0.2, 0.25) is 0 Å². The van der Waals surface area contributed by atoms with Crippen molar-refractivity contribution in [1.29, 1.82) is 0 Å². The fourth-order valence-electron chi connectivity index (χ4n) is 2.43. The third kappa shape index (κ3) is 3.37. The van der Waals surface area contributed by atoms with E-state index in [1.54, 1.807) is 18.5 Å². The van der Waals surface area contributed by atoms with Gasteiger partial charge in [-0.2, -0.15) is 0 Å². The first-order valence-corrected chi connectivity index (χ1v) is 7.55. The quantitative estimate of drug-likeness (QED) is 0.671. The van der Waals surface area contributed by atoms with Crippen molar-refractivity contribution in [3.8, 4) is 5.75 Å². The Morgan fingerprint density at radius 3 is 2.88 bits per heavy atom. The number of aromatic nitrogens is 2. The minimum atomic E-state index is -0.300. The Morgan fingerprint density at radius 2 is 2.12 bits per heavy atom. The maximum atomic E-state index is 11.4. The van der Waals surface area contributed by atoms with E-state index in [0.29, 0.717) is 17.9 Å². The predicted octanol–water partition coefficient (Wildman–Crippen LogP) is 3.13. The normalized spacial score (nSPS) is 10.8. The molecule has 2 heterocycles. The Hall–Kier alpha value is -2.89. The summed E-state index contributed by atoms with van der Waals surface area (Å²) in [6.45, 7) is 4.15. The molecule has 0 bridgehead atoms. The van der Waals surface area contributed by atoms with Gasteiger partial charge < -0.3 is 13.9 Å². The molecule has 0 saturated carbocycles. The van der Waals surface area contributed by atoms with Crippen LogP contribution in [0.5, 0.6) is 5.75 Å². The molecule has 0 atom stereocenters. The monoisotopic (exact) mass is 326 g/mol. The molecule has 2 aromatic heterocycles. The molecular formula is C18H18N2O4. The van der Waals surface area contributed by atoms with Crippen molar-refractivity contribution < 1.29 is 18.7 Å². The summed E-state index contributed by atoms with van der Waals surface area (Å²) in [6.07, 6.45) is 3.48. The molecule has 6 heteroatoms. The highest BCUT2D eigenvalue weighted by molar-refractivity contribution is 5.86. The van der Waals surface area contributed by atoms with Gasteiger partial charge >= 0.3 is 5.97 Å². The van der Waals surface area contributed by atoms with Gasteiger partial charge in [0.25, 0.3) is 0 Å². The van der Waals surface area contributed by atoms with Crippen LogP contribution in [0.15, 0.2) is 35.1 Å². The molecular weight excluding hydrogens is 308 g/mol. The molecule has 0 fully saturated rings. The van der Waals surface area contributed by atoms with Crippen molar-refractivity contribution in [3.63, 3.8) is 0 Å². The van der Waals surface area contributed by atoms with Crippen molar-refractivity contribution >= 4 is 16.9 Å². The second kappa shape index (κ2) is 6.70. The minimum absolute atomic E-state index is 0.182. The zero-order valence-electron chi connectivity index (χ0n) is 13.8. The summed E-state index contributed by atoms with van der Waals surface area (Å²) in [5, 5.41) is 0.874. The second-order valence-electron chi connectivity index (χ2n) is 5.50. The lowest BCUT2D eigenvalue weighted by Crippen LogP contribution is -2.04. The first kappa shape index (κ1) is 16.0. The number of benzene rings is 1. The van der Waals surface area contributed by atoms with Crippen molar-refractivity contribution in [2.75, 3.05) is 7.11 Å². The highest BCUT2D eigenvalue weighted by Crippen LogP contribution is 2.26. The lowest BCUT2D eigenvalue weighted by molar-refractivity contribution is -0.139. The first-order chi connectivity index (χ1) is 11.6. The molecule has 24 heavy (non-hydrogen) atoms. The van der Waals surface area contributed by atoms with Crippen LogP contribution in [0.4, 0.5) is 0 Å². The van der Waals surface area contributed by atoms with Crippen molar-refractivity contribution in [1.82, 2.24) is 9.97 Å². The van der Waals surface area contributed by atoms with Crippen LogP contribution in [-0.4, -0.2) is 23.0 Å². The summed E-state index contributed by atoms with van der Waals surface area (Å²) in [5.41, 5.74) is 3.99. The molecule has 1 aromatic carbocycles. The van der Waals surface area contributed by atoms with Gasteiger partial charge in [0, 0.05) is 23.2 Å². The maximum absolute atomic E-state index is 11.4. The largest absolute Gasteiger partial charge is 0.487 e. The summed E-state index contributed by atoms with van der Waals surface area (Å²) in [6, 6.07) is 5.52. The Balaban J connectivity index is 1.75. The van der Waals surface area contributed by atoms with Crippen LogP contribution in [0.25, 0.3) is 11.0 Å². The number of nitrogens with zero attached hydrogens (tertiary/aromatic N) is 2. The zero-order valence-corrected chi connectivity index (χ0v) is 13.8. The lowest BCUT2D eigenvalue weighted by Gasteiger charge is -2.08. The number of carbonyl (C=O) groups is 1. The number of carbonyl (C=O) groups excluding carboxylic acids is 1. The summed E-state index contributed by atoms with van der Waals surface area (Å²) in [5.74, 6) is 0.370. The number of ether oxygens (including phenoxy) is 2. The third-order valence-corrected chi connectivity index (χ3v) is 3.73. The number of fused-ring (bicyclic) bond motifs is 1.